The first-order chi connectivity index (χ1) is 10.0. The van der Waals surface area contributed by atoms with Gasteiger partial charge in [0.05, 0.1) is 0 Å². The van der Waals surface area contributed by atoms with Gasteiger partial charge in [0.15, 0.2) is 0 Å². The average molecular weight is 297 g/mol. The van der Waals surface area contributed by atoms with Crippen molar-refractivity contribution in [1.82, 2.24) is 0 Å². The molecule has 0 saturated carbocycles. The summed E-state index contributed by atoms with van der Waals surface area (Å²) in [6, 6.07) is 11.9. The van der Waals surface area contributed by atoms with Crippen molar-refractivity contribution in [3.05, 3.63) is 47.5 Å². The Morgan fingerprint density at radius 3 is 1.91 bits per heavy atom. The summed E-state index contributed by atoms with van der Waals surface area (Å²) in [5.74, 6) is 0.332. The molecule has 0 saturated heterocycles. The number of rotatable bonds is 1. The second kappa shape index (κ2) is 5.35. The fraction of sp³-hybridized carbons (Fsp3) is 0.400. The van der Waals surface area contributed by atoms with Crippen molar-refractivity contribution < 1.29 is 5.11 Å². The van der Waals surface area contributed by atoms with E-state index < -0.39 is 0 Å². The average Bonchev–Trinajstić information content (AvgIpc) is 2.37. The molecule has 0 spiro atoms. The topological polar surface area (TPSA) is 46.2 Å². The van der Waals surface area contributed by atoms with Crippen LogP contribution < -0.4 is 5.73 Å². The number of phenolic OH excluding ortho intramolecular Hbond substituents is 1. The van der Waals surface area contributed by atoms with Crippen LogP contribution in [0.25, 0.3) is 11.1 Å². The van der Waals surface area contributed by atoms with Crippen molar-refractivity contribution in [2.45, 2.75) is 52.4 Å². The highest BCUT2D eigenvalue weighted by Crippen LogP contribution is 2.43. The van der Waals surface area contributed by atoms with Crippen LogP contribution in [-0.4, -0.2) is 5.11 Å². The number of para-hydroxylation sites is 1. The number of nitrogen functional groups attached to an aromatic ring is 1. The summed E-state index contributed by atoms with van der Waals surface area (Å²) >= 11 is 0. The van der Waals surface area contributed by atoms with E-state index >= 15 is 0 Å². The molecule has 0 amide bonds. The Balaban J connectivity index is 2.82. The molecule has 0 bridgehead atoms. The maximum absolute atomic E-state index is 10.8. The fourth-order valence-corrected chi connectivity index (χ4v) is 2.59. The number of phenols is 1. The van der Waals surface area contributed by atoms with Crippen LogP contribution in [0, 0.1) is 0 Å². The fourth-order valence-electron chi connectivity index (χ4n) is 2.59. The molecular weight excluding hydrogens is 270 g/mol. The summed E-state index contributed by atoms with van der Waals surface area (Å²) in [6.45, 7) is 12.9. The van der Waals surface area contributed by atoms with Crippen LogP contribution in [0.1, 0.15) is 52.7 Å². The molecule has 118 valence electrons. The zero-order valence-electron chi connectivity index (χ0n) is 14.5. The van der Waals surface area contributed by atoms with E-state index in [1.165, 1.54) is 5.56 Å². The highest BCUT2D eigenvalue weighted by atomic mass is 16.3. The predicted octanol–water partition coefficient (Wildman–Crippen LogP) is 5.24. The van der Waals surface area contributed by atoms with Crippen molar-refractivity contribution >= 4 is 5.69 Å². The molecule has 0 unspecified atom stereocenters. The SMILES string of the molecule is CC(C)(C)c1cc(-c2ccccc2N)c(O)c(C(C)(C)C)c1. The highest BCUT2D eigenvalue weighted by molar-refractivity contribution is 5.82. The van der Waals surface area contributed by atoms with Crippen molar-refractivity contribution in [2.75, 3.05) is 5.73 Å². The smallest absolute Gasteiger partial charge is 0.127 e. The molecule has 2 rings (SSSR count). The van der Waals surface area contributed by atoms with Crippen LogP contribution >= 0.6 is 0 Å². The molecule has 3 N–H and O–H groups in total. The molecule has 22 heavy (non-hydrogen) atoms. The van der Waals surface area contributed by atoms with Crippen molar-refractivity contribution in [3.63, 3.8) is 0 Å². The lowest BCUT2D eigenvalue weighted by Gasteiger charge is -2.28. The van der Waals surface area contributed by atoms with Gasteiger partial charge in [-0.3, -0.25) is 0 Å². The summed E-state index contributed by atoms with van der Waals surface area (Å²) in [6.07, 6.45) is 0. The first kappa shape index (κ1) is 16.4. The van der Waals surface area contributed by atoms with Gasteiger partial charge < -0.3 is 10.8 Å². The summed E-state index contributed by atoms with van der Waals surface area (Å²) in [7, 11) is 0. The third kappa shape index (κ3) is 3.11. The third-order valence-electron chi connectivity index (χ3n) is 4.03. The van der Waals surface area contributed by atoms with Crippen molar-refractivity contribution in [2.24, 2.45) is 0 Å². The quantitative estimate of drug-likeness (QED) is 0.707. The summed E-state index contributed by atoms with van der Waals surface area (Å²) in [4.78, 5) is 0. The van der Waals surface area contributed by atoms with E-state index in [-0.39, 0.29) is 10.8 Å². The lowest BCUT2D eigenvalue weighted by atomic mass is 9.78. The Bertz CT molecular complexity index is 688. The van der Waals surface area contributed by atoms with Crippen molar-refractivity contribution in [1.29, 1.82) is 0 Å². The molecule has 2 heteroatoms. The predicted molar refractivity (Wildman–Crippen MR) is 95.4 cm³/mol. The molecular formula is C20H27NO. The van der Waals surface area contributed by atoms with Gasteiger partial charge in [-0.15, -0.1) is 0 Å². The first-order valence-corrected chi connectivity index (χ1v) is 7.74. The minimum atomic E-state index is -0.135. The molecule has 2 aromatic carbocycles. The van der Waals surface area contributed by atoms with E-state index in [0.717, 1.165) is 16.7 Å². The van der Waals surface area contributed by atoms with Gasteiger partial charge in [0.1, 0.15) is 5.75 Å². The molecule has 2 aromatic rings. The van der Waals surface area contributed by atoms with Crippen LogP contribution in [0.5, 0.6) is 5.75 Å². The highest BCUT2D eigenvalue weighted by Gasteiger charge is 2.25. The minimum absolute atomic E-state index is 0.00594. The molecule has 0 heterocycles. The number of hydrogen-bond donors (Lipinski definition) is 2. The number of hydrogen-bond acceptors (Lipinski definition) is 2. The van der Waals surface area contributed by atoms with Crippen LogP contribution in [0.2, 0.25) is 0 Å². The summed E-state index contributed by atoms with van der Waals surface area (Å²) < 4.78 is 0. The van der Waals surface area contributed by atoms with E-state index in [1.807, 2.05) is 24.3 Å². The molecule has 0 atom stereocenters. The summed E-state index contributed by atoms with van der Waals surface area (Å²) in [5.41, 5.74) is 10.5. The monoisotopic (exact) mass is 297 g/mol. The lowest BCUT2D eigenvalue weighted by Crippen LogP contribution is -2.17. The lowest BCUT2D eigenvalue weighted by molar-refractivity contribution is 0.446. The zero-order valence-corrected chi connectivity index (χ0v) is 14.5. The zero-order chi connectivity index (χ0) is 16.7. The largest absolute Gasteiger partial charge is 0.507 e. The van der Waals surface area contributed by atoms with Crippen LogP contribution in [-0.2, 0) is 10.8 Å². The Kier molecular flexibility index (Phi) is 3.99. The number of nitrogens with two attached hydrogens (primary N) is 1. The van der Waals surface area contributed by atoms with Gasteiger partial charge in [0, 0.05) is 22.4 Å². The molecule has 0 aliphatic rings. The van der Waals surface area contributed by atoms with Gasteiger partial charge in [0.2, 0.25) is 0 Å². The molecule has 0 aliphatic heterocycles. The Morgan fingerprint density at radius 2 is 1.41 bits per heavy atom. The van der Waals surface area contributed by atoms with E-state index in [2.05, 4.69) is 53.7 Å². The maximum atomic E-state index is 10.8. The molecule has 2 nitrogen and oxygen atoms in total. The van der Waals surface area contributed by atoms with E-state index in [0.29, 0.717) is 11.4 Å². The van der Waals surface area contributed by atoms with Crippen LogP contribution in [0.3, 0.4) is 0 Å². The van der Waals surface area contributed by atoms with Crippen molar-refractivity contribution in [3.8, 4) is 16.9 Å². The van der Waals surface area contributed by atoms with Gasteiger partial charge in [-0.05, 0) is 28.5 Å². The van der Waals surface area contributed by atoms with Gasteiger partial charge in [0.25, 0.3) is 0 Å². The first-order valence-electron chi connectivity index (χ1n) is 7.74. The molecule has 0 aromatic heterocycles. The van der Waals surface area contributed by atoms with Crippen LogP contribution in [0.4, 0.5) is 5.69 Å². The standard InChI is InChI=1S/C20H27NO/c1-19(2,3)13-11-15(14-9-7-8-10-17(14)21)18(22)16(12-13)20(4,5)6/h7-12,22H,21H2,1-6H3. The number of anilines is 1. The Labute approximate surface area is 134 Å². The van der Waals surface area contributed by atoms with Crippen LogP contribution in [0.15, 0.2) is 36.4 Å². The number of aromatic hydroxyl groups is 1. The summed E-state index contributed by atoms with van der Waals surface area (Å²) in [5, 5.41) is 10.8. The van der Waals surface area contributed by atoms with Gasteiger partial charge in [-0.25, -0.2) is 0 Å². The normalized spacial score (nSPS) is 12.5. The third-order valence-corrected chi connectivity index (χ3v) is 4.03. The van der Waals surface area contributed by atoms with Gasteiger partial charge in [-0.1, -0.05) is 65.8 Å². The second-order valence-corrected chi connectivity index (χ2v) is 8.01. The molecule has 0 fully saturated rings. The second-order valence-electron chi connectivity index (χ2n) is 8.01. The minimum Gasteiger partial charge on any atom is -0.507 e. The Morgan fingerprint density at radius 1 is 0.818 bits per heavy atom. The molecule has 0 radical (unpaired) electrons. The van der Waals surface area contributed by atoms with E-state index in [4.69, 9.17) is 5.73 Å². The number of benzene rings is 2. The van der Waals surface area contributed by atoms with Gasteiger partial charge in [-0.2, -0.15) is 0 Å². The van der Waals surface area contributed by atoms with E-state index in [9.17, 15) is 5.11 Å². The maximum Gasteiger partial charge on any atom is 0.127 e. The van der Waals surface area contributed by atoms with Gasteiger partial charge >= 0.3 is 0 Å². The van der Waals surface area contributed by atoms with E-state index in [1.54, 1.807) is 0 Å². The Hall–Kier alpha value is -1.96. The molecule has 0 aliphatic carbocycles.